The van der Waals surface area contributed by atoms with Gasteiger partial charge in [0.05, 0.1) is 0 Å². The van der Waals surface area contributed by atoms with E-state index in [9.17, 15) is 0 Å². The number of rotatable bonds is 5. The molecule has 0 aromatic heterocycles. The molecular formula is C21H26. The van der Waals surface area contributed by atoms with Crippen molar-refractivity contribution in [1.82, 2.24) is 0 Å². The quantitative estimate of drug-likeness (QED) is 0.630. The molecule has 0 aliphatic heterocycles. The lowest BCUT2D eigenvalue weighted by Gasteiger charge is -2.27. The van der Waals surface area contributed by atoms with E-state index in [1.807, 2.05) is 0 Å². The normalized spacial score (nSPS) is 17.5. The minimum absolute atomic E-state index is 0.677. The molecule has 1 fully saturated rings. The molecule has 0 radical (unpaired) electrons. The van der Waals surface area contributed by atoms with Crippen LogP contribution in [0.5, 0.6) is 0 Å². The summed E-state index contributed by atoms with van der Waals surface area (Å²) in [5.74, 6) is 1.62. The first-order valence-electron chi connectivity index (χ1n) is 8.50. The van der Waals surface area contributed by atoms with Gasteiger partial charge in [-0.05, 0) is 35.8 Å². The molecule has 0 nitrogen and oxygen atoms in total. The third-order valence-corrected chi connectivity index (χ3v) is 4.94. The molecule has 1 saturated carbocycles. The molecule has 1 atom stereocenters. The molecule has 0 spiro atoms. The zero-order valence-electron chi connectivity index (χ0n) is 12.9. The van der Waals surface area contributed by atoms with Crippen LogP contribution < -0.4 is 0 Å². The van der Waals surface area contributed by atoms with Crippen LogP contribution in [0.3, 0.4) is 0 Å². The summed E-state index contributed by atoms with van der Waals surface area (Å²) in [6.45, 7) is 0. The Balaban J connectivity index is 1.74. The zero-order valence-corrected chi connectivity index (χ0v) is 12.9. The van der Waals surface area contributed by atoms with Crippen LogP contribution in [0, 0.1) is 5.92 Å². The van der Waals surface area contributed by atoms with Crippen LogP contribution in [-0.4, -0.2) is 0 Å². The Hall–Kier alpha value is -1.56. The van der Waals surface area contributed by atoms with E-state index >= 15 is 0 Å². The Bertz CT molecular complexity index is 508. The molecule has 1 unspecified atom stereocenters. The first-order chi connectivity index (χ1) is 10.4. The molecular weight excluding hydrogens is 252 g/mol. The fourth-order valence-corrected chi connectivity index (χ4v) is 3.79. The van der Waals surface area contributed by atoms with Gasteiger partial charge >= 0.3 is 0 Å². The fourth-order valence-electron chi connectivity index (χ4n) is 3.79. The summed E-state index contributed by atoms with van der Waals surface area (Å²) in [6, 6.07) is 22.1. The van der Waals surface area contributed by atoms with Gasteiger partial charge in [0.1, 0.15) is 0 Å². The topological polar surface area (TPSA) is 0 Å². The second-order valence-corrected chi connectivity index (χ2v) is 6.54. The van der Waals surface area contributed by atoms with Gasteiger partial charge in [-0.3, -0.25) is 0 Å². The van der Waals surface area contributed by atoms with Crippen LogP contribution in [-0.2, 0) is 6.42 Å². The van der Waals surface area contributed by atoms with E-state index in [4.69, 9.17) is 0 Å². The van der Waals surface area contributed by atoms with Crippen molar-refractivity contribution in [1.29, 1.82) is 0 Å². The third kappa shape index (κ3) is 4.20. The van der Waals surface area contributed by atoms with E-state index in [1.54, 1.807) is 0 Å². The van der Waals surface area contributed by atoms with Gasteiger partial charge in [0.15, 0.2) is 0 Å². The first kappa shape index (κ1) is 14.4. The lowest BCUT2D eigenvalue weighted by molar-refractivity contribution is 0.316. The number of hydrogen-bond donors (Lipinski definition) is 0. The molecule has 0 heteroatoms. The molecule has 0 saturated heterocycles. The smallest absolute Gasteiger partial charge is 0.0119 e. The average Bonchev–Trinajstić information content (AvgIpc) is 2.57. The maximum Gasteiger partial charge on any atom is -0.0119 e. The predicted molar refractivity (Wildman–Crippen MR) is 90.5 cm³/mol. The van der Waals surface area contributed by atoms with E-state index < -0.39 is 0 Å². The summed E-state index contributed by atoms with van der Waals surface area (Å²) in [7, 11) is 0. The van der Waals surface area contributed by atoms with Crippen molar-refractivity contribution >= 4 is 0 Å². The third-order valence-electron chi connectivity index (χ3n) is 4.94. The number of hydrogen-bond acceptors (Lipinski definition) is 0. The molecule has 110 valence electrons. The maximum atomic E-state index is 2.32. The largest absolute Gasteiger partial charge is 0.0622 e. The Morgan fingerprint density at radius 3 is 2.05 bits per heavy atom. The van der Waals surface area contributed by atoms with Crippen LogP contribution in [0.25, 0.3) is 0 Å². The van der Waals surface area contributed by atoms with E-state index in [-0.39, 0.29) is 0 Å². The highest BCUT2D eigenvalue weighted by Gasteiger charge is 2.20. The summed E-state index contributed by atoms with van der Waals surface area (Å²) in [5, 5.41) is 0. The van der Waals surface area contributed by atoms with Gasteiger partial charge in [0.25, 0.3) is 0 Å². The van der Waals surface area contributed by atoms with Crippen molar-refractivity contribution in [2.24, 2.45) is 5.92 Å². The second-order valence-electron chi connectivity index (χ2n) is 6.54. The Morgan fingerprint density at radius 1 is 0.762 bits per heavy atom. The maximum absolute atomic E-state index is 2.32. The van der Waals surface area contributed by atoms with Gasteiger partial charge < -0.3 is 0 Å². The lowest BCUT2D eigenvalue weighted by Crippen LogP contribution is -2.13. The molecule has 1 aliphatic rings. The van der Waals surface area contributed by atoms with E-state index in [1.165, 1.54) is 56.1 Å². The summed E-state index contributed by atoms with van der Waals surface area (Å²) in [4.78, 5) is 0. The van der Waals surface area contributed by atoms with Crippen LogP contribution in [0.1, 0.15) is 55.6 Å². The van der Waals surface area contributed by atoms with Gasteiger partial charge in [-0.1, -0.05) is 92.8 Å². The monoisotopic (exact) mass is 278 g/mol. The fraction of sp³-hybridized carbons (Fsp3) is 0.429. The molecule has 1 aliphatic carbocycles. The molecule has 21 heavy (non-hydrogen) atoms. The molecule has 0 amide bonds. The molecule has 0 bridgehead atoms. The molecule has 2 aromatic rings. The highest BCUT2D eigenvalue weighted by atomic mass is 14.3. The van der Waals surface area contributed by atoms with Crippen molar-refractivity contribution in [3.8, 4) is 0 Å². The van der Waals surface area contributed by atoms with Gasteiger partial charge in [-0.2, -0.15) is 0 Å². The zero-order chi connectivity index (χ0) is 14.3. The summed E-state index contributed by atoms with van der Waals surface area (Å²) < 4.78 is 0. The highest BCUT2D eigenvalue weighted by Crippen LogP contribution is 2.34. The Labute approximate surface area is 129 Å². The number of benzene rings is 2. The standard InChI is InChI=1S/C21H26/c1-4-10-18(11-5-1)16-21(20-14-8-3-9-15-20)17-19-12-6-2-7-13-19/h1,3-5,8-11,14-15,19,21H,2,6-7,12-13,16-17H2. The van der Waals surface area contributed by atoms with Crippen molar-refractivity contribution in [3.63, 3.8) is 0 Å². The molecule has 0 N–H and O–H groups in total. The van der Waals surface area contributed by atoms with E-state index in [0.29, 0.717) is 5.92 Å². The second kappa shape index (κ2) is 7.45. The van der Waals surface area contributed by atoms with Crippen LogP contribution >= 0.6 is 0 Å². The van der Waals surface area contributed by atoms with E-state index in [2.05, 4.69) is 60.7 Å². The van der Waals surface area contributed by atoms with Crippen molar-refractivity contribution in [3.05, 3.63) is 71.8 Å². The van der Waals surface area contributed by atoms with Gasteiger partial charge in [0.2, 0.25) is 0 Å². The van der Waals surface area contributed by atoms with Crippen molar-refractivity contribution in [2.75, 3.05) is 0 Å². The van der Waals surface area contributed by atoms with E-state index in [0.717, 1.165) is 5.92 Å². The summed E-state index contributed by atoms with van der Waals surface area (Å²) in [6.07, 6.45) is 9.76. The van der Waals surface area contributed by atoms with Crippen molar-refractivity contribution < 1.29 is 0 Å². The summed E-state index contributed by atoms with van der Waals surface area (Å²) >= 11 is 0. The van der Waals surface area contributed by atoms with Gasteiger partial charge in [-0.15, -0.1) is 0 Å². The molecule has 0 heterocycles. The Kier molecular flexibility index (Phi) is 5.10. The summed E-state index contributed by atoms with van der Waals surface area (Å²) in [5.41, 5.74) is 2.99. The van der Waals surface area contributed by atoms with Crippen LogP contribution in [0.15, 0.2) is 60.7 Å². The average molecular weight is 278 g/mol. The molecule has 3 rings (SSSR count). The Morgan fingerprint density at radius 2 is 1.38 bits per heavy atom. The minimum atomic E-state index is 0.677. The van der Waals surface area contributed by atoms with Crippen LogP contribution in [0.2, 0.25) is 0 Å². The predicted octanol–water partition coefficient (Wildman–Crippen LogP) is 5.98. The van der Waals surface area contributed by atoms with Crippen molar-refractivity contribution in [2.45, 2.75) is 50.9 Å². The minimum Gasteiger partial charge on any atom is -0.0622 e. The van der Waals surface area contributed by atoms with Gasteiger partial charge in [-0.25, -0.2) is 0 Å². The highest BCUT2D eigenvalue weighted by molar-refractivity contribution is 5.24. The van der Waals surface area contributed by atoms with Crippen LogP contribution in [0.4, 0.5) is 0 Å². The van der Waals surface area contributed by atoms with Gasteiger partial charge in [0, 0.05) is 0 Å². The SMILES string of the molecule is c1ccc(CC(CC2CCCCC2)c2ccccc2)cc1. The molecule has 2 aromatic carbocycles. The lowest BCUT2D eigenvalue weighted by atomic mass is 9.78. The first-order valence-corrected chi connectivity index (χ1v) is 8.50.